The van der Waals surface area contributed by atoms with Crippen LogP contribution in [0.4, 0.5) is 0 Å². The van der Waals surface area contributed by atoms with Crippen molar-refractivity contribution in [1.29, 1.82) is 0 Å². The van der Waals surface area contributed by atoms with Crippen LogP contribution >= 0.6 is 0 Å². The lowest BCUT2D eigenvalue weighted by molar-refractivity contribution is 0.0710. The Balaban J connectivity index is 1.84. The monoisotopic (exact) mass is 337 g/mol. The Kier molecular flexibility index (Phi) is 5.43. The van der Waals surface area contributed by atoms with Crippen LogP contribution in [0.25, 0.3) is 6.08 Å². The largest absolute Gasteiger partial charge is 0.331 e. The molecule has 1 fully saturated rings. The first-order valence-electron chi connectivity index (χ1n) is 8.74. The molecule has 1 aromatic carbocycles. The number of aromatic nitrogens is 2. The van der Waals surface area contributed by atoms with Crippen molar-refractivity contribution in [3.8, 4) is 0 Å². The lowest BCUT2D eigenvalue weighted by atomic mass is 10.1. The van der Waals surface area contributed by atoms with Crippen molar-refractivity contribution in [3.05, 3.63) is 70.2 Å². The van der Waals surface area contributed by atoms with Crippen LogP contribution < -0.4 is 5.56 Å². The molecule has 0 bridgehead atoms. The van der Waals surface area contributed by atoms with Crippen LogP contribution in [0.15, 0.2) is 53.3 Å². The first-order chi connectivity index (χ1) is 12.1. The normalized spacial score (nSPS) is 18.3. The molecule has 1 amide bonds. The highest BCUT2D eigenvalue weighted by molar-refractivity contribution is 5.92. The predicted molar refractivity (Wildman–Crippen MR) is 98.2 cm³/mol. The van der Waals surface area contributed by atoms with Gasteiger partial charge in [0.05, 0.1) is 6.04 Å². The Bertz CT molecular complexity index is 811. The van der Waals surface area contributed by atoms with Gasteiger partial charge in [-0.05, 0) is 24.5 Å². The van der Waals surface area contributed by atoms with Gasteiger partial charge in [-0.2, -0.15) is 5.10 Å². The standard InChI is InChI=1S/C20H23N3O2/c1-22-19(24)14-13-18(21-22)20(25)23-15-7-3-6-10-17(23)12-11-16-8-4-2-5-9-16/h2,4-5,8-9,11-14,17H,3,6-7,10,15H2,1H3. The van der Waals surface area contributed by atoms with Gasteiger partial charge in [0.15, 0.2) is 0 Å². The van der Waals surface area contributed by atoms with Gasteiger partial charge >= 0.3 is 0 Å². The Hall–Kier alpha value is -2.69. The number of hydrogen-bond donors (Lipinski definition) is 0. The van der Waals surface area contributed by atoms with E-state index in [9.17, 15) is 9.59 Å². The van der Waals surface area contributed by atoms with Gasteiger partial charge in [-0.15, -0.1) is 0 Å². The topological polar surface area (TPSA) is 55.2 Å². The van der Waals surface area contributed by atoms with E-state index in [2.05, 4.69) is 17.3 Å². The summed E-state index contributed by atoms with van der Waals surface area (Å²) < 4.78 is 1.21. The predicted octanol–water partition coefficient (Wildman–Crippen LogP) is 2.88. The summed E-state index contributed by atoms with van der Waals surface area (Å²) in [4.78, 5) is 26.4. The molecule has 5 heteroatoms. The zero-order valence-electron chi connectivity index (χ0n) is 14.5. The molecule has 0 radical (unpaired) electrons. The number of hydrogen-bond acceptors (Lipinski definition) is 3. The molecule has 1 aliphatic heterocycles. The molecule has 0 N–H and O–H groups in total. The number of carbonyl (C=O) groups excluding carboxylic acids is 1. The van der Waals surface area contributed by atoms with Crippen molar-refractivity contribution in [2.24, 2.45) is 7.05 Å². The number of likely N-dealkylation sites (tertiary alicyclic amines) is 1. The average Bonchev–Trinajstić information content (AvgIpc) is 2.88. The zero-order valence-corrected chi connectivity index (χ0v) is 14.5. The smallest absolute Gasteiger partial charge is 0.274 e. The Morgan fingerprint density at radius 3 is 2.68 bits per heavy atom. The van der Waals surface area contributed by atoms with E-state index in [0.717, 1.165) is 31.2 Å². The molecule has 2 heterocycles. The first kappa shape index (κ1) is 17.1. The molecule has 2 aromatic rings. The van der Waals surface area contributed by atoms with Crippen molar-refractivity contribution in [3.63, 3.8) is 0 Å². The second-order valence-corrected chi connectivity index (χ2v) is 6.37. The van der Waals surface area contributed by atoms with Crippen LogP contribution in [0.2, 0.25) is 0 Å². The maximum atomic E-state index is 13.0. The highest BCUT2D eigenvalue weighted by atomic mass is 16.2. The zero-order chi connectivity index (χ0) is 17.6. The van der Waals surface area contributed by atoms with E-state index in [0.29, 0.717) is 12.2 Å². The van der Waals surface area contributed by atoms with Gasteiger partial charge in [-0.25, -0.2) is 4.68 Å². The molecular formula is C20H23N3O2. The molecule has 0 saturated carbocycles. The van der Waals surface area contributed by atoms with Crippen LogP contribution in [-0.2, 0) is 7.05 Å². The van der Waals surface area contributed by atoms with Crippen LogP contribution in [-0.4, -0.2) is 33.2 Å². The summed E-state index contributed by atoms with van der Waals surface area (Å²) in [5, 5.41) is 4.12. The minimum Gasteiger partial charge on any atom is -0.331 e. The molecule has 1 unspecified atom stereocenters. The third kappa shape index (κ3) is 4.24. The average molecular weight is 337 g/mol. The number of amides is 1. The van der Waals surface area contributed by atoms with Crippen molar-refractivity contribution < 1.29 is 4.79 Å². The lowest BCUT2D eigenvalue weighted by Crippen LogP contribution is -2.40. The highest BCUT2D eigenvalue weighted by Crippen LogP contribution is 2.20. The van der Waals surface area contributed by atoms with Crippen molar-refractivity contribution in [2.75, 3.05) is 6.54 Å². The van der Waals surface area contributed by atoms with E-state index in [1.165, 1.54) is 16.8 Å². The molecule has 1 aromatic heterocycles. The molecule has 0 aliphatic carbocycles. The quantitative estimate of drug-likeness (QED) is 0.865. The van der Waals surface area contributed by atoms with Gasteiger partial charge in [-0.1, -0.05) is 55.3 Å². The number of aryl methyl sites for hydroxylation is 1. The van der Waals surface area contributed by atoms with E-state index in [1.54, 1.807) is 7.05 Å². The molecule has 0 spiro atoms. The van der Waals surface area contributed by atoms with Gasteiger partial charge in [0.1, 0.15) is 5.69 Å². The molecule has 1 saturated heterocycles. The summed E-state index contributed by atoms with van der Waals surface area (Å²) in [6, 6.07) is 13.1. The van der Waals surface area contributed by atoms with Gasteiger partial charge < -0.3 is 4.90 Å². The summed E-state index contributed by atoms with van der Waals surface area (Å²) >= 11 is 0. The molecule has 1 atom stereocenters. The fraction of sp³-hybridized carbons (Fsp3) is 0.350. The van der Waals surface area contributed by atoms with Crippen molar-refractivity contribution in [2.45, 2.75) is 31.7 Å². The number of carbonyl (C=O) groups is 1. The van der Waals surface area contributed by atoms with Gasteiger partial charge in [0.25, 0.3) is 11.5 Å². The maximum absolute atomic E-state index is 13.0. The van der Waals surface area contributed by atoms with Crippen LogP contribution in [0.3, 0.4) is 0 Å². The maximum Gasteiger partial charge on any atom is 0.274 e. The van der Waals surface area contributed by atoms with E-state index in [-0.39, 0.29) is 17.5 Å². The third-order valence-corrected chi connectivity index (χ3v) is 4.55. The van der Waals surface area contributed by atoms with Crippen molar-refractivity contribution >= 4 is 12.0 Å². The summed E-state index contributed by atoms with van der Waals surface area (Å²) in [6.07, 6.45) is 8.35. The second kappa shape index (κ2) is 7.92. The van der Waals surface area contributed by atoms with Crippen LogP contribution in [0.5, 0.6) is 0 Å². The summed E-state index contributed by atoms with van der Waals surface area (Å²) in [6.45, 7) is 0.715. The molecule has 1 aliphatic rings. The van der Waals surface area contributed by atoms with E-state index in [1.807, 2.05) is 35.2 Å². The Morgan fingerprint density at radius 2 is 1.92 bits per heavy atom. The van der Waals surface area contributed by atoms with Gasteiger partial charge in [-0.3, -0.25) is 9.59 Å². The second-order valence-electron chi connectivity index (χ2n) is 6.37. The SMILES string of the molecule is Cn1nc(C(=O)N2CCCCCC2C=Cc2ccccc2)ccc1=O. The number of benzene rings is 1. The molecule has 5 nitrogen and oxygen atoms in total. The Morgan fingerprint density at radius 1 is 1.12 bits per heavy atom. The molecule has 3 rings (SSSR count). The Labute approximate surface area is 147 Å². The van der Waals surface area contributed by atoms with Crippen LogP contribution in [0.1, 0.15) is 41.7 Å². The fourth-order valence-electron chi connectivity index (χ4n) is 3.14. The lowest BCUT2D eigenvalue weighted by Gasteiger charge is -2.27. The van der Waals surface area contributed by atoms with Gasteiger partial charge in [0, 0.05) is 19.7 Å². The third-order valence-electron chi connectivity index (χ3n) is 4.55. The van der Waals surface area contributed by atoms with E-state index in [4.69, 9.17) is 0 Å². The fourth-order valence-corrected chi connectivity index (χ4v) is 3.14. The summed E-state index contributed by atoms with van der Waals surface area (Å²) in [5.74, 6) is -0.111. The van der Waals surface area contributed by atoms with Crippen LogP contribution in [0, 0.1) is 0 Å². The number of nitrogens with zero attached hydrogens (tertiary/aromatic N) is 3. The first-order valence-corrected chi connectivity index (χ1v) is 8.74. The molecule has 25 heavy (non-hydrogen) atoms. The molecular weight excluding hydrogens is 314 g/mol. The van der Waals surface area contributed by atoms with Gasteiger partial charge in [0.2, 0.25) is 0 Å². The summed E-state index contributed by atoms with van der Waals surface area (Å²) in [7, 11) is 1.56. The minimum absolute atomic E-state index is 0.0502. The van der Waals surface area contributed by atoms with E-state index < -0.39 is 0 Å². The van der Waals surface area contributed by atoms with E-state index >= 15 is 0 Å². The summed E-state index contributed by atoms with van der Waals surface area (Å²) in [5.41, 5.74) is 1.23. The minimum atomic E-state index is -0.215. The van der Waals surface area contributed by atoms with Crippen molar-refractivity contribution in [1.82, 2.24) is 14.7 Å². The highest BCUT2D eigenvalue weighted by Gasteiger charge is 2.25. The molecule has 130 valence electrons. The number of rotatable bonds is 3.